The van der Waals surface area contributed by atoms with Gasteiger partial charge in [0.25, 0.3) is 5.91 Å². The Bertz CT molecular complexity index is 1420. The summed E-state index contributed by atoms with van der Waals surface area (Å²) in [6, 6.07) is 25.5. The molecule has 0 bridgehead atoms. The van der Waals surface area contributed by atoms with Crippen LogP contribution in [0.5, 0.6) is 0 Å². The van der Waals surface area contributed by atoms with Crippen LogP contribution in [0.3, 0.4) is 0 Å². The van der Waals surface area contributed by atoms with Gasteiger partial charge < -0.3 is 15.3 Å². The minimum Gasteiger partial charge on any atom is -0.480 e. The van der Waals surface area contributed by atoms with Crippen molar-refractivity contribution in [2.45, 2.75) is 39.4 Å². The third-order valence-corrected chi connectivity index (χ3v) is 8.35. The van der Waals surface area contributed by atoms with Gasteiger partial charge in [0.05, 0.1) is 5.00 Å². The lowest BCUT2D eigenvalue weighted by Crippen LogP contribution is -2.41. The van der Waals surface area contributed by atoms with Crippen molar-refractivity contribution in [3.63, 3.8) is 0 Å². The van der Waals surface area contributed by atoms with Crippen molar-refractivity contribution in [3.05, 3.63) is 112 Å². The molecule has 0 saturated carbocycles. The van der Waals surface area contributed by atoms with Gasteiger partial charge in [0.1, 0.15) is 6.04 Å². The number of thiophene rings is 1. The van der Waals surface area contributed by atoms with Gasteiger partial charge in [-0.1, -0.05) is 60.7 Å². The molecule has 7 heteroatoms. The average Bonchev–Trinajstić information content (AvgIpc) is 3.37. The molecular weight excluding hydrogens is 524 g/mol. The molecule has 202 valence electrons. The highest BCUT2D eigenvalue weighted by atomic mass is 32.2. The van der Waals surface area contributed by atoms with Crippen molar-refractivity contribution in [1.82, 2.24) is 5.32 Å². The normalized spacial score (nSPS) is 11.7. The fraction of sp³-hybridized carbons (Fsp3) is 0.250. The zero-order valence-corrected chi connectivity index (χ0v) is 24.1. The molecular formula is C32H34N2O3S2. The Labute approximate surface area is 238 Å². The zero-order valence-electron chi connectivity index (χ0n) is 22.5. The number of aliphatic carboxylic acids is 1. The average molecular weight is 559 g/mol. The third-order valence-electron chi connectivity index (χ3n) is 6.60. The predicted octanol–water partition coefficient (Wildman–Crippen LogP) is 7.17. The minimum absolute atomic E-state index is 0.370. The van der Waals surface area contributed by atoms with E-state index in [0.29, 0.717) is 24.3 Å². The summed E-state index contributed by atoms with van der Waals surface area (Å²) in [6.45, 7) is 5.56. The number of nitrogens with one attached hydrogen (secondary N) is 1. The lowest BCUT2D eigenvalue weighted by atomic mass is 9.93. The number of nitrogens with zero attached hydrogens (tertiary/aromatic N) is 1. The van der Waals surface area contributed by atoms with E-state index in [9.17, 15) is 14.7 Å². The molecule has 3 aromatic carbocycles. The quantitative estimate of drug-likeness (QED) is 0.193. The molecule has 1 amide bonds. The maximum absolute atomic E-state index is 13.4. The van der Waals surface area contributed by atoms with Crippen LogP contribution in [0.2, 0.25) is 0 Å². The maximum atomic E-state index is 13.4. The summed E-state index contributed by atoms with van der Waals surface area (Å²) in [6.07, 6.45) is 2.29. The number of carbonyl (C=O) groups is 2. The highest BCUT2D eigenvalue weighted by Gasteiger charge is 2.23. The maximum Gasteiger partial charge on any atom is 0.326 e. The smallest absolute Gasteiger partial charge is 0.326 e. The SMILES string of the molecule is CSCCC(NC(=O)c1ccc(CN(Cc2ccccc2)c2cc(C)cs2)cc1-c1ccccc1C)C(=O)O. The fourth-order valence-electron chi connectivity index (χ4n) is 4.53. The summed E-state index contributed by atoms with van der Waals surface area (Å²) < 4.78 is 0. The number of aryl methyl sites for hydroxylation is 2. The molecule has 0 aliphatic heterocycles. The van der Waals surface area contributed by atoms with Gasteiger partial charge in [-0.05, 0) is 89.2 Å². The summed E-state index contributed by atoms with van der Waals surface area (Å²) in [5.41, 5.74) is 6.82. The van der Waals surface area contributed by atoms with Crippen molar-refractivity contribution >= 4 is 40.0 Å². The van der Waals surface area contributed by atoms with E-state index in [1.807, 2.05) is 55.6 Å². The topological polar surface area (TPSA) is 69.6 Å². The van der Waals surface area contributed by atoms with Crippen molar-refractivity contribution in [2.24, 2.45) is 0 Å². The zero-order chi connectivity index (χ0) is 27.8. The first kappa shape index (κ1) is 28.5. The van der Waals surface area contributed by atoms with Crippen LogP contribution in [0.15, 0.2) is 84.2 Å². The van der Waals surface area contributed by atoms with Gasteiger partial charge in [-0.25, -0.2) is 4.79 Å². The Balaban J connectivity index is 1.70. The van der Waals surface area contributed by atoms with Crippen molar-refractivity contribution < 1.29 is 14.7 Å². The lowest BCUT2D eigenvalue weighted by molar-refractivity contribution is -0.139. The van der Waals surface area contributed by atoms with Crippen LogP contribution in [0.1, 0.15) is 39.0 Å². The monoisotopic (exact) mass is 558 g/mol. The second-order valence-electron chi connectivity index (χ2n) is 9.64. The standard InChI is InChI=1S/C32H34N2O3S2/c1-22-17-30(39-21-22)34(19-24-10-5-4-6-11-24)20-25-13-14-27(28(18-25)26-12-8-7-9-23(26)2)31(35)33-29(32(36)37)15-16-38-3/h4-14,17-18,21,29H,15-16,19-20H2,1-3H3,(H,33,35)(H,36,37). The molecule has 2 N–H and O–H groups in total. The largest absolute Gasteiger partial charge is 0.480 e. The molecule has 4 aromatic rings. The van der Waals surface area contributed by atoms with Crippen LogP contribution in [0.25, 0.3) is 11.1 Å². The number of anilines is 1. The molecule has 4 rings (SSSR count). The molecule has 0 saturated heterocycles. The second kappa shape index (κ2) is 13.5. The van der Waals surface area contributed by atoms with Gasteiger partial charge in [-0.2, -0.15) is 11.8 Å². The van der Waals surface area contributed by atoms with E-state index in [2.05, 4.69) is 58.9 Å². The molecule has 1 heterocycles. The number of benzene rings is 3. The van der Waals surface area contributed by atoms with Crippen LogP contribution in [0, 0.1) is 13.8 Å². The van der Waals surface area contributed by atoms with Crippen molar-refractivity contribution in [2.75, 3.05) is 16.9 Å². The Morgan fingerprint density at radius 3 is 2.31 bits per heavy atom. The first-order valence-corrected chi connectivity index (χ1v) is 15.2. The molecule has 1 unspecified atom stereocenters. The Hall–Kier alpha value is -3.55. The van der Waals surface area contributed by atoms with Gasteiger partial charge >= 0.3 is 5.97 Å². The van der Waals surface area contributed by atoms with Gasteiger partial charge in [-0.15, -0.1) is 11.3 Å². The van der Waals surface area contributed by atoms with Gasteiger partial charge in [0, 0.05) is 18.7 Å². The minimum atomic E-state index is -1.02. The van der Waals surface area contributed by atoms with Crippen molar-refractivity contribution in [1.29, 1.82) is 0 Å². The Kier molecular flexibility index (Phi) is 9.85. The lowest BCUT2D eigenvalue weighted by Gasteiger charge is -2.24. The fourth-order valence-corrected chi connectivity index (χ4v) is 5.91. The van der Waals surface area contributed by atoms with E-state index >= 15 is 0 Å². The number of carboxylic acids is 1. The molecule has 1 aromatic heterocycles. The van der Waals surface area contributed by atoms with Gasteiger partial charge in [0.2, 0.25) is 0 Å². The second-order valence-corrected chi connectivity index (χ2v) is 11.5. The van der Waals surface area contributed by atoms with Crippen LogP contribution < -0.4 is 10.2 Å². The number of carboxylic acid groups (broad SMARTS) is 1. The number of hydrogen-bond acceptors (Lipinski definition) is 5. The first-order valence-electron chi connectivity index (χ1n) is 12.9. The predicted molar refractivity (Wildman–Crippen MR) is 164 cm³/mol. The molecule has 0 spiro atoms. The van der Waals surface area contributed by atoms with E-state index in [4.69, 9.17) is 0 Å². The Morgan fingerprint density at radius 1 is 0.923 bits per heavy atom. The molecule has 39 heavy (non-hydrogen) atoms. The third kappa shape index (κ3) is 7.52. The molecule has 0 aliphatic rings. The van der Waals surface area contributed by atoms with E-state index in [-0.39, 0.29) is 5.91 Å². The van der Waals surface area contributed by atoms with Crippen molar-refractivity contribution in [3.8, 4) is 11.1 Å². The summed E-state index contributed by atoms with van der Waals surface area (Å²) in [5.74, 6) is -0.738. The van der Waals surface area contributed by atoms with E-state index in [1.54, 1.807) is 23.1 Å². The summed E-state index contributed by atoms with van der Waals surface area (Å²) in [7, 11) is 0. The summed E-state index contributed by atoms with van der Waals surface area (Å²) in [5, 5.41) is 15.8. The summed E-state index contributed by atoms with van der Waals surface area (Å²) >= 11 is 3.29. The summed E-state index contributed by atoms with van der Waals surface area (Å²) in [4.78, 5) is 27.6. The van der Waals surface area contributed by atoms with Crippen LogP contribution in [-0.4, -0.2) is 35.0 Å². The van der Waals surface area contributed by atoms with E-state index < -0.39 is 12.0 Å². The van der Waals surface area contributed by atoms with Crippen LogP contribution in [-0.2, 0) is 17.9 Å². The van der Waals surface area contributed by atoms with E-state index in [0.717, 1.165) is 28.8 Å². The number of hydrogen-bond donors (Lipinski definition) is 2. The number of rotatable bonds is 12. The Morgan fingerprint density at radius 2 is 1.64 bits per heavy atom. The van der Waals surface area contributed by atoms with Gasteiger partial charge in [0.15, 0.2) is 0 Å². The van der Waals surface area contributed by atoms with Crippen LogP contribution >= 0.6 is 23.1 Å². The molecule has 0 aliphatic carbocycles. The van der Waals surface area contributed by atoms with E-state index in [1.165, 1.54) is 16.1 Å². The number of carbonyl (C=O) groups excluding carboxylic acids is 1. The highest BCUT2D eigenvalue weighted by Crippen LogP contribution is 2.31. The molecule has 0 fully saturated rings. The number of amides is 1. The molecule has 1 atom stereocenters. The number of thioether (sulfide) groups is 1. The molecule has 0 radical (unpaired) electrons. The van der Waals surface area contributed by atoms with Gasteiger partial charge in [-0.3, -0.25) is 4.79 Å². The highest BCUT2D eigenvalue weighted by molar-refractivity contribution is 7.98. The first-order chi connectivity index (χ1) is 18.9. The van der Waals surface area contributed by atoms with Crippen LogP contribution in [0.4, 0.5) is 5.00 Å². The molecule has 5 nitrogen and oxygen atoms in total.